The molecule has 1 aliphatic rings. The van der Waals surface area contributed by atoms with E-state index in [-0.39, 0.29) is 5.41 Å². The Kier molecular flexibility index (Phi) is 5.33. The SMILES string of the molecule is OCC1(CNc2ccc(Br)c(I)c2)CCCCC1. The van der Waals surface area contributed by atoms with Crippen molar-refractivity contribution in [3.63, 3.8) is 0 Å². The normalized spacial score (nSPS) is 18.6. The van der Waals surface area contributed by atoms with Crippen molar-refractivity contribution in [1.82, 2.24) is 0 Å². The summed E-state index contributed by atoms with van der Waals surface area (Å²) >= 11 is 5.83. The third-order valence-corrected chi connectivity index (χ3v) is 6.16. The van der Waals surface area contributed by atoms with E-state index in [1.165, 1.54) is 22.8 Å². The highest BCUT2D eigenvalue weighted by atomic mass is 127. The van der Waals surface area contributed by atoms with Crippen molar-refractivity contribution < 1.29 is 5.11 Å². The Balaban J connectivity index is 1.98. The lowest BCUT2D eigenvalue weighted by Gasteiger charge is -2.36. The number of aliphatic hydroxyl groups excluding tert-OH is 1. The molecule has 4 heteroatoms. The highest BCUT2D eigenvalue weighted by Crippen LogP contribution is 2.36. The monoisotopic (exact) mass is 423 g/mol. The van der Waals surface area contributed by atoms with E-state index in [2.05, 4.69) is 62.0 Å². The second-order valence-corrected chi connectivity index (χ2v) is 7.22. The number of rotatable bonds is 4. The second-order valence-electron chi connectivity index (χ2n) is 5.20. The summed E-state index contributed by atoms with van der Waals surface area (Å²) in [7, 11) is 0. The first-order chi connectivity index (χ1) is 8.65. The Labute approximate surface area is 131 Å². The first kappa shape index (κ1) is 14.6. The lowest BCUT2D eigenvalue weighted by Crippen LogP contribution is -2.35. The maximum atomic E-state index is 9.67. The zero-order chi connectivity index (χ0) is 13.0. The summed E-state index contributed by atoms with van der Waals surface area (Å²) < 4.78 is 2.34. The Morgan fingerprint density at radius 1 is 1.28 bits per heavy atom. The zero-order valence-electron chi connectivity index (χ0n) is 10.4. The molecule has 2 N–H and O–H groups in total. The summed E-state index contributed by atoms with van der Waals surface area (Å²) in [5, 5.41) is 13.2. The number of halogens is 2. The lowest BCUT2D eigenvalue weighted by atomic mass is 9.74. The van der Waals surface area contributed by atoms with Crippen molar-refractivity contribution in [2.75, 3.05) is 18.5 Å². The van der Waals surface area contributed by atoms with E-state index >= 15 is 0 Å². The Morgan fingerprint density at radius 3 is 2.61 bits per heavy atom. The second kappa shape index (κ2) is 6.57. The van der Waals surface area contributed by atoms with Gasteiger partial charge in [0.05, 0.1) is 6.61 Å². The number of hydrogen-bond acceptors (Lipinski definition) is 2. The average Bonchev–Trinajstić information content (AvgIpc) is 2.41. The average molecular weight is 424 g/mol. The van der Waals surface area contributed by atoms with Gasteiger partial charge in [-0.1, -0.05) is 19.3 Å². The minimum Gasteiger partial charge on any atom is -0.396 e. The van der Waals surface area contributed by atoms with Gasteiger partial charge < -0.3 is 10.4 Å². The molecular formula is C14H19BrINO. The van der Waals surface area contributed by atoms with E-state index in [1.54, 1.807) is 0 Å². The standard InChI is InChI=1S/C14H19BrINO/c15-12-5-4-11(8-13(12)16)17-9-14(10-18)6-2-1-3-7-14/h4-5,8,17-18H,1-3,6-7,9-10H2. The van der Waals surface area contributed by atoms with E-state index in [4.69, 9.17) is 0 Å². The van der Waals surface area contributed by atoms with Crippen LogP contribution < -0.4 is 5.32 Å². The van der Waals surface area contributed by atoms with Gasteiger partial charge in [-0.3, -0.25) is 0 Å². The number of nitrogens with one attached hydrogen (secondary N) is 1. The maximum absolute atomic E-state index is 9.67. The highest BCUT2D eigenvalue weighted by molar-refractivity contribution is 14.1. The summed E-state index contributed by atoms with van der Waals surface area (Å²) in [6, 6.07) is 6.29. The molecule has 0 aliphatic heterocycles. The van der Waals surface area contributed by atoms with Gasteiger partial charge in [0.25, 0.3) is 0 Å². The molecule has 0 radical (unpaired) electrons. The fraction of sp³-hybridized carbons (Fsp3) is 0.571. The van der Waals surface area contributed by atoms with Gasteiger partial charge in [0.2, 0.25) is 0 Å². The number of benzene rings is 1. The first-order valence-corrected chi connectivity index (χ1v) is 8.32. The van der Waals surface area contributed by atoms with E-state index in [0.717, 1.165) is 29.5 Å². The maximum Gasteiger partial charge on any atom is 0.0504 e. The Bertz CT molecular complexity index is 405. The molecule has 1 saturated carbocycles. The molecule has 0 atom stereocenters. The quantitative estimate of drug-likeness (QED) is 0.703. The molecule has 1 aliphatic carbocycles. The van der Waals surface area contributed by atoms with Gasteiger partial charge in [-0.05, 0) is 69.6 Å². The van der Waals surface area contributed by atoms with Crippen LogP contribution in [0, 0.1) is 8.99 Å². The molecule has 0 aromatic heterocycles. The smallest absolute Gasteiger partial charge is 0.0504 e. The summed E-state index contributed by atoms with van der Waals surface area (Å²) in [5.74, 6) is 0. The minimum atomic E-state index is 0.0940. The van der Waals surface area contributed by atoms with Crippen molar-refractivity contribution in [3.8, 4) is 0 Å². The molecule has 100 valence electrons. The molecule has 0 heterocycles. The van der Waals surface area contributed by atoms with Crippen LogP contribution in [0.1, 0.15) is 32.1 Å². The van der Waals surface area contributed by atoms with Crippen LogP contribution in [0.3, 0.4) is 0 Å². The predicted octanol–water partition coefficient (Wildman–Crippen LogP) is 4.41. The summed E-state index contributed by atoms with van der Waals surface area (Å²) in [4.78, 5) is 0. The fourth-order valence-corrected chi connectivity index (χ4v) is 3.35. The number of aliphatic hydroxyl groups is 1. The molecule has 1 aromatic carbocycles. The van der Waals surface area contributed by atoms with E-state index in [0.29, 0.717) is 6.61 Å². The van der Waals surface area contributed by atoms with Gasteiger partial charge in [0, 0.05) is 25.7 Å². The van der Waals surface area contributed by atoms with Crippen molar-refractivity contribution in [2.45, 2.75) is 32.1 Å². The molecule has 2 nitrogen and oxygen atoms in total. The minimum absolute atomic E-state index is 0.0940. The molecule has 0 unspecified atom stereocenters. The van der Waals surface area contributed by atoms with Gasteiger partial charge in [-0.25, -0.2) is 0 Å². The molecule has 0 bridgehead atoms. The van der Waals surface area contributed by atoms with Crippen molar-refractivity contribution in [1.29, 1.82) is 0 Å². The number of hydrogen-bond donors (Lipinski definition) is 2. The van der Waals surface area contributed by atoms with Gasteiger partial charge in [0.15, 0.2) is 0 Å². The largest absolute Gasteiger partial charge is 0.396 e. The number of anilines is 1. The molecular weight excluding hydrogens is 405 g/mol. The summed E-state index contributed by atoms with van der Waals surface area (Å²) in [5.41, 5.74) is 1.23. The fourth-order valence-electron chi connectivity index (χ4n) is 2.59. The van der Waals surface area contributed by atoms with E-state index in [9.17, 15) is 5.11 Å². The Hall–Kier alpha value is 0.190. The van der Waals surface area contributed by atoms with E-state index < -0.39 is 0 Å². The van der Waals surface area contributed by atoms with Crippen LogP contribution in [0.15, 0.2) is 22.7 Å². The molecule has 2 rings (SSSR count). The van der Waals surface area contributed by atoms with Gasteiger partial charge in [-0.15, -0.1) is 0 Å². The topological polar surface area (TPSA) is 32.3 Å². The first-order valence-electron chi connectivity index (χ1n) is 6.45. The Morgan fingerprint density at radius 2 is 2.00 bits per heavy atom. The molecule has 0 saturated heterocycles. The third-order valence-electron chi connectivity index (χ3n) is 3.84. The van der Waals surface area contributed by atoms with Gasteiger partial charge in [0.1, 0.15) is 0 Å². The van der Waals surface area contributed by atoms with Crippen molar-refractivity contribution in [3.05, 3.63) is 26.2 Å². The van der Waals surface area contributed by atoms with Gasteiger partial charge in [-0.2, -0.15) is 0 Å². The van der Waals surface area contributed by atoms with Gasteiger partial charge >= 0.3 is 0 Å². The molecule has 0 spiro atoms. The van der Waals surface area contributed by atoms with Crippen LogP contribution >= 0.6 is 38.5 Å². The molecule has 1 aromatic rings. The third kappa shape index (κ3) is 3.61. The van der Waals surface area contributed by atoms with Crippen LogP contribution in [0.5, 0.6) is 0 Å². The zero-order valence-corrected chi connectivity index (χ0v) is 14.1. The van der Waals surface area contributed by atoms with Crippen LogP contribution in [0.4, 0.5) is 5.69 Å². The van der Waals surface area contributed by atoms with Crippen LogP contribution in [-0.2, 0) is 0 Å². The van der Waals surface area contributed by atoms with Crippen LogP contribution in [0.2, 0.25) is 0 Å². The van der Waals surface area contributed by atoms with Crippen LogP contribution in [-0.4, -0.2) is 18.3 Å². The highest BCUT2D eigenvalue weighted by Gasteiger charge is 2.31. The summed E-state index contributed by atoms with van der Waals surface area (Å²) in [6.07, 6.45) is 6.10. The molecule has 1 fully saturated rings. The lowest BCUT2D eigenvalue weighted by molar-refractivity contribution is 0.0944. The van der Waals surface area contributed by atoms with E-state index in [1.807, 2.05) is 0 Å². The van der Waals surface area contributed by atoms with Crippen LogP contribution in [0.25, 0.3) is 0 Å². The molecule has 18 heavy (non-hydrogen) atoms. The predicted molar refractivity (Wildman–Crippen MR) is 88.0 cm³/mol. The van der Waals surface area contributed by atoms with Crippen molar-refractivity contribution in [2.24, 2.45) is 5.41 Å². The summed E-state index contributed by atoms with van der Waals surface area (Å²) in [6.45, 7) is 1.18. The molecule has 0 amide bonds. The van der Waals surface area contributed by atoms with Crippen molar-refractivity contribution >= 4 is 44.2 Å².